The summed E-state index contributed by atoms with van der Waals surface area (Å²) in [6.07, 6.45) is -1.81. The van der Waals surface area contributed by atoms with Crippen molar-refractivity contribution in [3.05, 3.63) is 29.3 Å². The summed E-state index contributed by atoms with van der Waals surface area (Å²) in [5, 5.41) is 24.1. The van der Waals surface area contributed by atoms with Crippen LogP contribution >= 0.6 is 0 Å². The minimum atomic E-state index is -1.74. The van der Waals surface area contributed by atoms with Crippen LogP contribution in [0.25, 0.3) is 0 Å². The monoisotopic (exact) mass is 262 g/mol. The van der Waals surface area contributed by atoms with E-state index in [9.17, 15) is 24.6 Å². The van der Waals surface area contributed by atoms with Gasteiger partial charge in [0, 0.05) is 17.5 Å². The van der Waals surface area contributed by atoms with Crippen molar-refractivity contribution in [3.8, 4) is 5.75 Å². The zero-order valence-corrected chi connectivity index (χ0v) is 9.64. The topological polar surface area (TPSA) is 116 Å². The molecule has 0 saturated carbocycles. The van der Waals surface area contributed by atoms with Crippen LogP contribution in [0.2, 0.25) is 0 Å². The fraction of sp³-hybridized carbons (Fsp3) is 0.250. The van der Waals surface area contributed by atoms with Crippen molar-refractivity contribution in [2.45, 2.75) is 18.1 Å². The number of nitrogens with one attached hydrogen (secondary N) is 2. The number of ketones is 1. The normalized spacial score (nSPS) is 29.1. The lowest BCUT2D eigenvalue weighted by molar-refractivity contribution is -0.127. The van der Waals surface area contributed by atoms with Crippen LogP contribution in [-0.4, -0.2) is 39.6 Å². The highest BCUT2D eigenvalue weighted by molar-refractivity contribution is 6.14. The van der Waals surface area contributed by atoms with Crippen molar-refractivity contribution in [1.82, 2.24) is 10.6 Å². The lowest BCUT2D eigenvalue weighted by Crippen LogP contribution is -2.63. The minimum absolute atomic E-state index is 0.139. The highest BCUT2D eigenvalue weighted by atomic mass is 16.3. The number of urea groups is 1. The number of amides is 3. The molecule has 3 rings (SSSR count). The van der Waals surface area contributed by atoms with Gasteiger partial charge in [0.25, 0.3) is 5.91 Å². The average Bonchev–Trinajstić information content (AvgIpc) is 2.64. The van der Waals surface area contributed by atoms with Crippen LogP contribution in [0.1, 0.15) is 15.9 Å². The van der Waals surface area contributed by atoms with Gasteiger partial charge in [-0.3, -0.25) is 14.9 Å². The van der Waals surface area contributed by atoms with E-state index in [0.29, 0.717) is 0 Å². The summed E-state index contributed by atoms with van der Waals surface area (Å²) in [5.74, 6) is -1.62. The Morgan fingerprint density at radius 2 is 2.00 bits per heavy atom. The number of hydrogen-bond acceptors (Lipinski definition) is 5. The Bertz CT molecular complexity index is 627. The first kappa shape index (κ1) is 11.7. The van der Waals surface area contributed by atoms with Crippen molar-refractivity contribution in [1.29, 1.82) is 0 Å². The van der Waals surface area contributed by atoms with Gasteiger partial charge >= 0.3 is 6.03 Å². The third-order valence-electron chi connectivity index (χ3n) is 3.56. The second-order valence-electron chi connectivity index (χ2n) is 4.63. The number of aliphatic hydroxyl groups is 1. The van der Waals surface area contributed by atoms with Crippen molar-refractivity contribution >= 4 is 17.7 Å². The lowest BCUT2D eigenvalue weighted by atomic mass is 9.74. The molecule has 0 aromatic heterocycles. The van der Waals surface area contributed by atoms with E-state index in [-0.39, 0.29) is 23.3 Å². The Balaban J connectivity index is 2.18. The highest BCUT2D eigenvalue weighted by Crippen LogP contribution is 2.35. The summed E-state index contributed by atoms with van der Waals surface area (Å²) in [6, 6.07) is 3.55. The lowest BCUT2D eigenvalue weighted by Gasteiger charge is -2.35. The second-order valence-corrected chi connectivity index (χ2v) is 4.63. The fourth-order valence-electron chi connectivity index (χ4n) is 2.56. The number of phenolic OH excluding ortho intramolecular Hbond substituents is 1. The Kier molecular flexibility index (Phi) is 2.18. The van der Waals surface area contributed by atoms with Crippen LogP contribution < -0.4 is 10.6 Å². The summed E-state index contributed by atoms with van der Waals surface area (Å²) in [5.41, 5.74) is -1.33. The molecule has 7 nitrogen and oxygen atoms in total. The number of rotatable bonds is 0. The summed E-state index contributed by atoms with van der Waals surface area (Å²) in [4.78, 5) is 35.2. The van der Waals surface area contributed by atoms with Crippen LogP contribution in [0, 0.1) is 0 Å². The Morgan fingerprint density at radius 1 is 1.26 bits per heavy atom. The number of imide groups is 1. The molecule has 19 heavy (non-hydrogen) atoms. The third-order valence-corrected chi connectivity index (χ3v) is 3.56. The van der Waals surface area contributed by atoms with E-state index in [1.165, 1.54) is 18.2 Å². The molecular formula is C12H10N2O5. The van der Waals surface area contributed by atoms with Crippen molar-refractivity contribution in [2.75, 3.05) is 0 Å². The SMILES string of the molecule is O=C1NC(=O)C2(Cc3c(O)cccc3C(=O)C2O)N1. The minimum Gasteiger partial charge on any atom is -0.508 e. The molecule has 4 N–H and O–H groups in total. The van der Waals surface area contributed by atoms with Gasteiger partial charge in [-0.05, 0) is 6.07 Å². The maximum absolute atomic E-state index is 12.1. The zero-order valence-electron chi connectivity index (χ0n) is 9.64. The van der Waals surface area contributed by atoms with Crippen molar-refractivity contribution in [3.63, 3.8) is 0 Å². The Labute approximate surface area is 107 Å². The predicted molar refractivity (Wildman–Crippen MR) is 61.6 cm³/mol. The van der Waals surface area contributed by atoms with Gasteiger partial charge in [0.05, 0.1) is 0 Å². The Hall–Kier alpha value is -2.41. The maximum atomic E-state index is 12.1. The maximum Gasteiger partial charge on any atom is 0.322 e. The molecule has 1 aromatic carbocycles. The molecule has 1 fully saturated rings. The van der Waals surface area contributed by atoms with Gasteiger partial charge in [-0.2, -0.15) is 0 Å². The first-order valence-electron chi connectivity index (χ1n) is 5.62. The number of carbonyl (C=O) groups is 3. The Morgan fingerprint density at radius 3 is 2.63 bits per heavy atom. The van der Waals surface area contributed by atoms with Gasteiger partial charge in [0.1, 0.15) is 11.9 Å². The number of fused-ring (bicyclic) bond motifs is 1. The molecule has 3 amide bonds. The number of aromatic hydroxyl groups is 1. The highest BCUT2D eigenvalue weighted by Gasteiger charge is 2.57. The number of benzene rings is 1. The van der Waals surface area contributed by atoms with E-state index in [2.05, 4.69) is 5.32 Å². The summed E-state index contributed by atoms with van der Waals surface area (Å²) in [7, 11) is 0. The predicted octanol–water partition coefficient (Wildman–Crippen LogP) is -0.930. The van der Waals surface area contributed by atoms with Gasteiger partial charge in [-0.25, -0.2) is 4.79 Å². The van der Waals surface area contributed by atoms with E-state index >= 15 is 0 Å². The van der Waals surface area contributed by atoms with E-state index in [1.54, 1.807) is 0 Å². The molecule has 1 saturated heterocycles. The molecular weight excluding hydrogens is 252 g/mol. The fourth-order valence-corrected chi connectivity index (χ4v) is 2.56. The van der Waals surface area contributed by atoms with Gasteiger partial charge in [-0.1, -0.05) is 12.1 Å². The van der Waals surface area contributed by atoms with Gasteiger partial charge in [0.15, 0.2) is 11.3 Å². The zero-order chi connectivity index (χ0) is 13.8. The first-order chi connectivity index (χ1) is 8.95. The van der Waals surface area contributed by atoms with E-state index in [0.717, 1.165) is 0 Å². The molecule has 2 unspecified atom stereocenters. The van der Waals surface area contributed by atoms with Crippen molar-refractivity contribution < 1.29 is 24.6 Å². The average molecular weight is 262 g/mol. The quantitative estimate of drug-likeness (QED) is 0.451. The molecule has 0 bridgehead atoms. The molecule has 1 heterocycles. The van der Waals surface area contributed by atoms with Crippen LogP contribution in [0.3, 0.4) is 0 Å². The number of hydrogen-bond donors (Lipinski definition) is 4. The van der Waals surface area contributed by atoms with Crippen LogP contribution in [0.4, 0.5) is 4.79 Å². The van der Waals surface area contributed by atoms with Crippen molar-refractivity contribution in [2.24, 2.45) is 0 Å². The van der Waals surface area contributed by atoms with Crippen LogP contribution in [0.5, 0.6) is 5.75 Å². The third kappa shape index (κ3) is 1.39. The molecule has 7 heteroatoms. The molecule has 0 radical (unpaired) electrons. The molecule has 1 aliphatic carbocycles. The number of phenols is 1. The van der Waals surface area contributed by atoms with Gasteiger partial charge < -0.3 is 15.5 Å². The first-order valence-corrected chi connectivity index (χ1v) is 5.62. The van der Waals surface area contributed by atoms with E-state index in [4.69, 9.17) is 0 Å². The molecule has 1 spiro atoms. The number of carbonyl (C=O) groups excluding carboxylic acids is 3. The number of Topliss-reactive ketones (excluding diaryl/α,β-unsaturated/α-hetero) is 1. The molecule has 2 aliphatic rings. The van der Waals surface area contributed by atoms with Crippen LogP contribution in [0.15, 0.2) is 18.2 Å². The van der Waals surface area contributed by atoms with E-state index in [1.807, 2.05) is 5.32 Å². The summed E-state index contributed by atoms with van der Waals surface area (Å²) >= 11 is 0. The van der Waals surface area contributed by atoms with Crippen LogP contribution in [-0.2, 0) is 11.2 Å². The largest absolute Gasteiger partial charge is 0.508 e. The molecule has 98 valence electrons. The molecule has 1 aromatic rings. The molecule has 1 aliphatic heterocycles. The second kappa shape index (κ2) is 3.55. The summed E-state index contributed by atoms with van der Waals surface area (Å²) < 4.78 is 0. The van der Waals surface area contributed by atoms with Gasteiger partial charge in [0.2, 0.25) is 0 Å². The summed E-state index contributed by atoms with van der Waals surface area (Å²) in [6.45, 7) is 0. The van der Waals surface area contributed by atoms with E-state index < -0.39 is 29.4 Å². The number of aliphatic hydroxyl groups excluding tert-OH is 1. The molecule has 2 atom stereocenters. The van der Waals surface area contributed by atoms with Gasteiger partial charge in [-0.15, -0.1) is 0 Å². The smallest absolute Gasteiger partial charge is 0.322 e. The standard InChI is InChI=1S/C12H10N2O5/c15-7-3-1-2-5-6(7)4-12(9(17)8(5)16)10(18)13-11(19)14-12/h1-3,9,15,17H,4H2,(H2,13,14,18,19).